The van der Waals surface area contributed by atoms with Gasteiger partial charge in [0.1, 0.15) is 42.7 Å². The first-order chi connectivity index (χ1) is 23.2. The first-order valence-electron chi connectivity index (χ1n) is 17.9. The molecule has 274 valence electrons. The van der Waals surface area contributed by atoms with Crippen molar-refractivity contribution in [3.8, 4) is 0 Å². The quantitative estimate of drug-likeness (QED) is 0.207. The summed E-state index contributed by atoms with van der Waals surface area (Å²) in [5, 5.41) is 74.7. The normalized spacial score (nSPS) is 51.3. The van der Waals surface area contributed by atoms with Gasteiger partial charge < -0.3 is 59.1 Å². The number of aliphatic hydroxyl groups is 7. The Morgan fingerprint density at radius 2 is 1.57 bits per heavy atom. The predicted molar refractivity (Wildman–Crippen MR) is 171 cm³/mol. The molecule has 3 heterocycles. The van der Waals surface area contributed by atoms with Crippen molar-refractivity contribution in [3.05, 3.63) is 46.0 Å². The van der Waals surface area contributed by atoms with Crippen LogP contribution in [0.1, 0.15) is 83.6 Å². The van der Waals surface area contributed by atoms with Crippen molar-refractivity contribution < 1.29 is 59.1 Å². The van der Waals surface area contributed by atoms with Gasteiger partial charge in [-0.3, -0.25) is 0 Å². The fourth-order valence-corrected chi connectivity index (χ4v) is 10.7. The van der Waals surface area contributed by atoms with E-state index in [1.165, 1.54) is 11.6 Å². The summed E-state index contributed by atoms with van der Waals surface area (Å²) in [4.78, 5) is 11.6. The Hall–Kier alpha value is -1.75. The maximum absolute atomic E-state index is 12.5. The largest absolute Gasteiger partial charge is 0.431 e. The van der Waals surface area contributed by atoms with E-state index in [0.717, 1.165) is 44.1 Å². The monoisotopic (exact) mass is 692 g/mol. The fourth-order valence-electron chi connectivity index (χ4n) is 10.7. The number of allylic oxidation sites excluding steroid dienone is 1. The molecule has 49 heavy (non-hydrogen) atoms. The van der Waals surface area contributed by atoms with Crippen LogP contribution < -0.4 is 5.63 Å². The molecule has 13 heteroatoms. The molecule has 7 rings (SSSR count). The van der Waals surface area contributed by atoms with Gasteiger partial charge in [-0.05, 0) is 93.1 Å². The Labute approximate surface area is 285 Å². The summed E-state index contributed by atoms with van der Waals surface area (Å²) in [6, 6.07) is 3.32. The maximum Gasteiger partial charge on any atom is 0.335 e. The molecular weight excluding hydrogens is 640 g/mol. The van der Waals surface area contributed by atoms with Crippen LogP contribution in [-0.4, -0.2) is 115 Å². The minimum Gasteiger partial charge on any atom is -0.431 e. The van der Waals surface area contributed by atoms with E-state index in [1.807, 2.05) is 6.07 Å². The lowest BCUT2D eigenvalue weighted by atomic mass is 9.45. The molecule has 0 amide bonds. The number of aliphatic hydroxyl groups excluding tert-OH is 6. The van der Waals surface area contributed by atoms with Gasteiger partial charge in [0, 0.05) is 11.5 Å². The zero-order chi connectivity index (χ0) is 35.0. The second kappa shape index (κ2) is 13.0. The van der Waals surface area contributed by atoms with E-state index >= 15 is 0 Å². The van der Waals surface area contributed by atoms with Gasteiger partial charge in [-0.1, -0.05) is 25.5 Å². The number of fused-ring (bicyclic) bond motifs is 5. The van der Waals surface area contributed by atoms with Gasteiger partial charge in [0.25, 0.3) is 0 Å². The van der Waals surface area contributed by atoms with Crippen LogP contribution >= 0.6 is 0 Å². The van der Waals surface area contributed by atoms with E-state index < -0.39 is 73.6 Å². The molecule has 1 aromatic rings. The molecule has 1 aromatic heterocycles. The molecule has 7 N–H and O–H groups in total. The molecule has 5 fully saturated rings. The molecule has 17 atom stereocenters. The smallest absolute Gasteiger partial charge is 0.335 e. The number of hydrogen-bond acceptors (Lipinski definition) is 13. The predicted octanol–water partition coefficient (Wildman–Crippen LogP) is 0.838. The topological polar surface area (TPSA) is 209 Å². The zero-order valence-corrected chi connectivity index (χ0v) is 28.3. The lowest BCUT2D eigenvalue weighted by molar-refractivity contribution is -0.357. The molecule has 0 aromatic carbocycles. The van der Waals surface area contributed by atoms with Crippen LogP contribution in [-0.2, 0) is 18.9 Å². The van der Waals surface area contributed by atoms with Gasteiger partial charge in [0.15, 0.2) is 12.6 Å². The minimum absolute atomic E-state index is 0.110. The van der Waals surface area contributed by atoms with Crippen molar-refractivity contribution in [1.82, 2.24) is 0 Å². The van der Waals surface area contributed by atoms with E-state index in [0.29, 0.717) is 18.8 Å². The number of rotatable bonds is 6. The molecule has 0 unspecified atom stereocenters. The molecule has 2 saturated heterocycles. The number of ether oxygens (including phenoxy) is 4. The van der Waals surface area contributed by atoms with Crippen LogP contribution in [0.3, 0.4) is 0 Å². The number of hydrogen-bond donors (Lipinski definition) is 7. The SMILES string of the molecule is C[C@@H]1O[C@H](O[C@@H]2C=C3CC[C@@H]4[C@H](CC[C@]5(C)[C@H](c6ccc(=O)oc6)CC[C@]45O)[C@@]3(C)CC2)[C@H](O)[C@H](O)[C@H]1O[C@@H]1O[C@H](CO)[C@H](O)[C@@H](O)[C@H]1O. The minimum atomic E-state index is -1.66. The van der Waals surface area contributed by atoms with Gasteiger partial charge in [-0.25, -0.2) is 4.79 Å². The van der Waals surface area contributed by atoms with Gasteiger partial charge in [-0.2, -0.15) is 0 Å². The summed E-state index contributed by atoms with van der Waals surface area (Å²) in [6.07, 6.45) is -3.69. The lowest BCUT2D eigenvalue weighted by Gasteiger charge is -2.62. The molecule has 4 aliphatic carbocycles. The van der Waals surface area contributed by atoms with Crippen molar-refractivity contribution in [2.24, 2.45) is 22.7 Å². The van der Waals surface area contributed by atoms with E-state index in [2.05, 4.69) is 19.9 Å². The Balaban J connectivity index is 1.01. The van der Waals surface area contributed by atoms with E-state index in [-0.39, 0.29) is 34.4 Å². The van der Waals surface area contributed by atoms with E-state index in [1.54, 1.807) is 13.2 Å². The summed E-state index contributed by atoms with van der Waals surface area (Å²) in [5.41, 5.74) is 0.655. The highest BCUT2D eigenvalue weighted by atomic mass is 16.7. The summed E-state index contributed by atoms with van der Waals surface area (Å²) in [6.45, 7) is 5.53. The van der Waals surface area contributed by atoms with Crippen molar-refractivity contribution in [1.29, 1.82) is 0 Å². The van der Waals surface area contributed by atoms with Crippen LogP contribution in [0.15, 0.2) is 39.3 Å². The van der Waals surface area contributed by atoms with Crippen LogP contribution in [0.4, 0.5) is 0 Å². The maximum atomic E-state index is 12.5. The first kappa shape index (κ1) is 35.6. The highest BCUT2D eigenvalue weighted by molar-refractivity contribution is 5.31. The van der Waals surface area contributed by atoms with Crippen molar-refractivity contribution in [3.63, 3.8) is 0 Å². The zero-order valence-electron chi connectivity index (χ0n) is 28.3. The highest BCUT2D eigenvalue weighted by Gasteiger charge is 2.67. The van der Waals surface area contributed by atoms with Crippen LogP contribution in [0.25, 0.3) is 0 Å². The standard InChI is InChI=1S/C36H52O13/c1-17-31(49-33-29(42)27(40)26(39)24(15-37)48-33)28(41)30(43)32(46-17)47-20-8-11-34(2)19(14-20)5-6-23-22(34)9-12-35(3)21(10-13-36(23,35)44)18-4-7-25(38)45-16-18/h4,7,14,16-17,20-24,26-33,37,39-44H,5-6,8-13,15H2,1-3H3/t17-,20-,21-,22-,23+,24+,26-,27+,28-,29+,30+,31-,32+,33-,34-,35+,36-/m0/s1. The summed E-state index contributed by atoms with van der Waals surface area (Å²) < 4.78 is 28.7. The molecule has 0 radical (unpaired) electrons. The Bertz CT molecular complexity index is 1430. The van der Waals surface area contributed by atoms with Crippen LogP contribution in [0.2, 0.25) is 0 Å². The Morgan fingerprint density at radius 3 is 2.29 bits per heavy atom. The second-order valence-electron chi connectivity index (χ2n) is 15.9. The van der Waals surface area contributed by atoms with Crippen molar-refractivity contribution in [2.75, 3.05) is 6.61 Å². The third kappa shape index (κ3) is 5.68. The van der Waals surface area contributed by atoms with Crippen molar-refractivity contribution in [2.45, 2.75) is 151 Å². The third-order valence-electron chi connectivity index (χ3n) is 13.6. The molecule has 2 aliphatic heterocycles. The van der Waals surface area contributed by atoms with Crippen LogP contribution in [0.5, 0.6) is 0 Å². The Morgan fingerprint density at radius 1 is 0.837 bits per heavy atom. The molecule has 13 nitrogen and oxygen atoms in total. The van der Waals surface area contributed by atoms with Gasteiger partial charge in [-0.15, -0.1) is 0 Å². The van der Waals surface area contributed by atoms with E-state index in [4.69, 9.17) is 23.4 Å². The third-order valence-corrected chi connectivity index (χ3v) is 13.6. The summed E-state index contributed by atoms with van der Waals surface area (Å²) in [7, 11) is 0. The highest BCUT2D eigenvalue weighted by Crippen LogP contribution is 2.70. The molecule has 0 bridgehead atoms. The van der Waals surface area contributed by atoms with E-state index in [9.17, 15) is 40.5 Å². The molecular formula is C36H52O13. The fraction of sp³-hybridized carbons (Fsp3) is 0.806. The molecule has 3 saturated carbocycles. The second-order valence-corrected chi connectivity index (χ2v) is 15.9. The van der Waals surface area contributed by atoms with Gasteiger partial charge in [0.2, 0.25) is 0 Å². The molecule has 6 aliphatic rings. The van der Waals surface area contributed by atoms with Gasteiger partial charge in [0.05, 0.1) is 30.7 Å². The molecule has 0 spiro atoms. The summed E-state index contributed by atoms with van der Waals surface area (Å²) >= 11 is 0. The van der Waals surface area contributed by atoms with Gasteiger partial charge >= 0.3 is 5.63 Å². The van der Waals surface area contributed by atoms with Crippen molar-refractivity contribution >= 4 is 0 Å². The summed E-state index contributed by atoms with van der Waals surface area (Å²) in [5.74, 6) is 0.572. The van der Waals surface area contributed by atoms with Crippen LogP contribution in [0, 0.1) is 22.7 Å². The average molecular weight is 693 g/mol. The lowest BCUT2D eigenvalue weighted by Crippen LogP contribution is -2.64. The first-order valence-corrected chi connectivity index (χ1v) is 17.9. The Kier molecular flexibility index (Phi) is 9.48. The average Bonchev–Trinajstić information content (AvgIpc) is 3.36.